The minimum atomic E-state index is -0.316. The molecule has 4 saturated carbocycles. The fraction of sp³-hybridized carbons (Fsp3) is 0.500. The molecule has 5 heteroatoms. The average molecular weight is 364 g/mol. The van der Waals surface area contributed by atoms with E-state index in [9.17, 15) is 14.7 Å². The lowest BCUT2D eigenvalue weighted by atomic mass is 9.45. The van der Waals surface area contributed by atoms with Gasteiger partial charge in [-0.25, -0.2) is 4.98 Å². The molecule has 4 aliphatic rings. The average Bonchev–Trinajstić information content (AvgIpc) is 2.64. The minimum Gasteiger partial charge on any atom is -0.506 e. The Morgan fingerprint density at radius 2 is 1.85 bits per heavy atom. The molecule has 0 aliphatic heterocycles. The van der Waals surface area contributed by atoms with Crippen molar-refractivity contribution >= 4 is 22.6 Å². The molecule has 5 nitrogen and oxygen atoms in total. The molecule has 2 aromatic rings. The van der Waals surface area contributed by atoms with Crippen LogP contribution in [0.25, 0.3) is 10.9 Å². The summed E-state index contributed by atoms with van der Waals surface area (Å²) in [6, 6.07) is 8.82. The van der Waals surface area contributed by atoms with Crippen molar-refractivity contribution in [2.75, 3.05) is 0 Å². The van der Waals surface area contributed by atoms with Gasteiger partial charge in [0.05, 0.1) is 0 Å². The zero-order valence-electron chi connectivity index (χ0n) is 15.2. The Bertz CT molecular complexity index is 938. The maximum atomic E-state index is 13.0. The van der Waals surface area contributed by atoms with Gasteiger partial charge in [0, 0.05) is 17.2 Å². The molecule has 4 aliphatic carbocycles. The van der Waals surface area contributed by atoms with E-state index in [0.29, 0.717) is 41.3 Å². The van der Waals surface area contributed by atoms with Crippen LogP contribution in [-0.4, -0.2) is 21.8 Å². The molecule has 2 unspecified atom stereocenters. The number of hydrogen-bond acceptors (Lipinski definition) is 4. The van der Waals surface area contributed by atoms with Crippen LogP contribution >= 0.6 is 0 Å². The quantitative estimate of drug-likeness (QED) is 0.813. The molecule has 0 spiro atoms. The van der Waals surface area contributed by atoms with Crippen LogP contribution in [0.3, 0.4) is 0 Å². The Hall–Kier alpha value is -2.43. The largest absolute Gasteiger partial charge is 0.506 e. The summed E-state index contributed by atoms with van der Waals surface area (Å²) >= 11 is 0. The van der Waals surface area contributed by atoms with Gasteiger partial charge in [-0.3, -0.25) is 9.59 Å². The first-order valence-electron chi connectivity index (χ1n) is 9.87. The number of phenols is 1. The van der Waals surface area contributed by atoms with Crippen LogP contribution in [0.4, 0.5) is 0 Å². The van der Waals surface area contributed by atoms with Crippen molar-refractivity contribution in [1.82, 2.24) is 4.98 Å². The van der Waals surface area contributed by atoms with Crippen LogP contribution in [0.1, 0.15) is 49.0 Å². The third kappa shape index (κ3) is 2.55. The lowest BCUT2D eigenvalue weighted by Crippen LogP contribution is -2.56. The van der Waals surface area contributed by atoms with Crippen molar-refractivity contribution in [2.24, 2.45) is 34.8 Å². The topological polar surface area (TPSA) is 93.3 Å². The number of ketones is 1. The second kappa shape index (κ2) is 5.78. The number of pyridine rings is 1. The number of aromatic hydroxyl groups is 1. The molecule has 1 amide bonds. The molecule has 1 aromatic carbocycles. The molecule has 3 N–H and O–H groups in total. The molecular formula is C22H24N2O3. The Balaban J connectivity index is 1.39. The van der Waals surface area contributed by atoms with Crippen LogP contribution in [0, 0.1) is 29.1 Å². The summed E-state index contributed by atoms with van der Waals surface area (Å²) < 4.78 is 0. The predicted octanol–water partition coefficient (Wildman–Crippen LogP) is 3.44. The van der Waals surface area contributed by atoms with Gasteiger partial charge in [-0.2, -0.15) is 0 Å². The van der Waals surface area contributed by atoms with Crippen molar-refractivity contribution < 1.29 is 14.7 Å². The van der Waals surface area contributed by atoms with Crippen LogP contribution in [0.15, 0.2) is 30.3 Å². The summed E-state index contributed by atoms with van der Waals surface area (Å²) in [4.78, 5) is 29.5. The fourth-order valence-corrected chi connectivity index (χ4v) is 6.37. The first-order chi connectivity index (χ1) is 12.9. The Labute approximate surface area is 158 Å². The molecule has 6 rings (SSSR count). The number of phenolic OH excluding ortho intramolecular Hbond substituents is 1. The van der Waals surface area contributed by atoms with Crippen molar-refractivity contribution in [2.45, 2.75) is 38.5 Å². The molecule has 27 heavy (non-hydrogen) atoms. The van der Waals surface area contributed by atoms with Gasteiger partial charge in [-0.1, -0.05) is 18.2 Å². The molecular weight excluding hydrogens is 340 g/mol. The summed E-state index contributed by atoms with van der Waals surface area (Å²) in [5.74, 6) is 1.74. The molecule has 1 aromatic heterocycles. The second-order valence-corrected chi connectivity index (χ2v) is 8.95. The zero-order valence-corrected chi connectivity index (χ0v) is 15.2. The molecule has 2 atom stereocenters. The van der Waals surface area contributed by atoms with Crippen molar-refractivity contribution in [3.05, 3.63) is 36.0 Å². The highest BCUT2D eigenvalue weighted by molar-refractivity contribution is 5.97. The second-order valence-electron chi connectivity index (χ2n) is 8.95. The number of nitrogens with zero attached hydrogens (tertiary/aromatic N) is 1. The van der Waals surface area contributed by atoms with E-state index in [2.05, 4.69) is 4.98 Å². The monoisotopic (exact) mass is 364 g/mol. The molecule has 4 bridgehead atoms. The maximum absolute atomic E-state index is 13.0. The number of primary amides is 1. The van der Waals surface area contributed by atoms with Gasteiger partial charge in [-0.05, 0) is 67.9 Å². The van der Waals surface area contributed by atoms with Gasteiger partial charge in [0.2, 0.25) is 5.91 Å². The van der Waals surface area contributed by atoms with Crippen LogP contribution in [0.2, 0.25) is 0 Å². The van der Waals surface area contributed by atoms with E-state index < -0.39 is 0 Å². The summed E-state index contributed by atoms with van der Waals surface area (Å²) in [6.45, 7) is 0. The number of carbonyl (C=O) groups is 2. The van der Waals surface area contributed by atoms with E-state index in [1.54, 1.807) is 18.2 Å². The molecule has 4 fully saturated rings. The van der Waals surface area contributed by atoms with Crippen molar-refractivity contribution in [3.63, 3.8) is 0 Å². The molecule has 1 heterocycles. The van der Waals surface area contributed by atoms with E-state index >= 15 is 0 Å². The standard InChI is InChI=1S/C22H24N2O3/c23-21(27)22-9-12-6-14(10-22)16(15(7-12)11-22)8-19(26)17-5-4-13-2-1-3-18(25)20(13)24-17/h1-5,12,14-16,25H,6-11H2,(H2,23,27). The third-order valence-electron chi connectivity index (χ3n) is 7.40. The van der Waals surface area contributed by atoms with Gasteiger partial charge < -0.3 is 10.8 Å². The number of fused-ring (bicyclic) bond motifs is 1. The fourth-order valence-electron chi connectivity index (χ4n) is 6.37. The van der Waals surface area contributed by atoms with Crippen molar-refractivity contribution in [3.8, 4) is 5.75 Å². The highest BCUT2D eigenvalue weighted by Gasteiger charge is 2.57. The molecule has 140 valence electrons. The number of benzene rings is 1. The van der Waals surface area contributed by atoms with Gasteiger partial charge in [0.15, 0.2) is 5.78 Å². The minimum absolute atomic E-state index is 0.0331. The number of nitrogens with two attached hydrogens (primary N) is 1. The Morgan fingerprint density at radius 1 is 1.11 bits per heavy atom. The number of para-hydroxylation sites is 1. The third-order valence-corrected chi connectivity index (χ3v) is 7.40. The number of aromatic nitrogens is 1. The SMILES string of the molecule is NC(=O)C12CC3CC(C1)C(CC(=O)c1ccc4cccc(O)c4n1)C(C3)C2. The van der Waals surface area contributed by atoms with Crippen LogP contribution in [0.5, 0.6) is 5.75 Å². The lowest BCUT2D eigenvalue weighted by Gasteiger charge is -2.58. The number of rotatable bonds is 4. The van der Waals surface area contributed by atoms with Gasteiger partial charge >= 0.3 is 0 Å². The smallest absolute Gasteiger partial charge is 0.223 e. The van der Waals surface area contributed by atoms with Crippen LogP contribution < -0.4 is 5.73 Å². The van der Waals surface area contributed by atoms with Gasteiger partial charge in [0.1, 0.15) is 17.0 Å². The van der Waals surface area contributed by atoms with Crippen LogP contribution in [-0.2, 0) is 4.79 Å². The maximum Gasteiger partial charge on any atom is 0.223 e. The number of hydrogen-bond donors (Lipinski definition) is 2. The Morgan fingerprint density at radius 3 is 2.56 bits per heavy atom. The van der Waals surface area contributed by atoms with E-state index in [1.807, 2.05) is 12.1 Å². The Kier molecular flexibility index (Phi) is 3.58. The van der Waals surface area contributed by atoms with E-state index in [4.69, 9.17) is 5.73 Å². The van der Waals surface area contributed by atoms with E-state index in [-0.39, 0.29) is 22.9 Å². The normalized spacial score (nSPS) is 34.1. The zero-order chi connectivity index (χ0) is 18.8. The summed E-state index contributed by atoms with van der Waals surface area (Å²) in [5, 5.41) is 10.9. The first-order valence-corrected chi connectivity index (χ1v) is 9.87. The summed E-state index contributed by atoms with van der Waals surface area (Å²) in [7, 11) is 0. The lowest BCUT2D eigenvalue weighted by molar-refractivity contribution is -0.149. The summed E-state index contributed by atoms with van der Waals surface area (Å²) in [5.41, 5.74) is 6.33. The van der Waals surface area contributed by atoms with E-state index in [1.165, 1.54) is 0 Å². The number of amides is 1. The molecule has 0 saturated heterocycles. The molecule has 0 radical (unpaired) electrons. The predicted molar refractivity (Wildman–Crippen MR) is 101 cm³/mol. The number of carbonyl (C=O) groups excluding carboxylic acids is 2. The summed E-state index contributed by atoms with van der Waals surface area (Å²) in [6.07, 6.45) is 5.35. The van der Waals surface area contributed by atoms with E-state index in [0.717, 1.165) is 37.5 Å². The van der Waals surface area contributed by atoms with Crippen molar-refractivity contribution in [1.29, 1.82) is 0 Å². The highest BCUT2D eigenvalue weighted by atomic mass is 16.3. The van der Waals surface area contributed by atoms with Gasteiger partial charge in [-0.15, -0.1) is 0 Å². The van der Waals surface area contributed by atoms with Gasteiger partial charge in [0.25, 0.3) is 0 Å². The number of Topliss-reactive ketones (excluding diaryl/α,β-unsaturated/α-hetero) is 1. The highest BCUT2D eigenvalue weighted by Crippen LogP contribution is 2.62. The first kappa shape index (κ1) is 16.7.